The third-order valence-corrected chi connectivity index (χ3v) is 3.98. The topological polar surface area (TPSA) is 9.23 Å². The van der Waals surface area contributed by atoms with Gasteiger partial charge in [0.05, 0.1) is 0 Å². The van der Waals surface area contributed by atoms with Gasteiger partial charge in [0.25, 0.3) is 0 Å². The summed E-state index contributed by atoms with van der Waals surface area (Å²) in [6, 6.07) is 14.0. The summed E-state index contributed by atoms with van der Waals surface area (Å²) in [4.78, 5) is 0. The smallest absolute Gasteiger partial charge is 0.128 e. The molecule has 2 rings (SSSR count). The summed E-state index contributed by atoms with van der Waals surface area (Å²) in [7, 11) is 0. The average molecular weight is 340 g/mol. The zero-order chi connectivity index (χ0) is 13.8. The average Bonchev–Trinajstić information content (AvgIpc) is 2.39. The van der Waals surface area contributed by atoms with E-state index in [0.29, 0.717) is 11.8 Å². The van der Waals surface area contributed by atoms with Gasteiger partial charge in [0.15, 0.2) is 0 Å². The van der Waals surface area contributed by atoms with Crippen LogP contribution in [0.15, 0.2) is 46.9 Å². The van der Waals surface area contributed by atoms with Crippen LogP contribution >= 0.6 is 27.5 Å². The zero-order valence-electron chi connectivity index (χ0n) is 11.0. The number of rotatable bonds is 4. The fourth-order valence-electron chi connectivity index (χ4n) is 1.76. The van der Waals surface area contributed by atoms with Crippen LogP contribution in [0, 0.1) is 0 Å². The van der Waals surface area contributed by atoms with Gasteiger partial charge in [0.1, 0.15) is 11.5 Å². The van der Waals surface area contributed by atoms with Crippen molar-refractivity contribution in [1.29, 1.82) is 0 Å². The van der Waals surface area contributed by atoms with Crippen molar-refractivity contribution in [2.45, 2.75) is 25.6 Å². The summed E-state index contributed by atoms with van der Waals surface area (Å²) in [5, 5.41) is 0. The number of hydrogen-bond acceptors (Lipinski definition) is 1. The van der Waals surface area contributed by atoms with Crippen molar-refractivity contribution in [3.63, 3.8) is 0 Å². The lowest BCUT2D eigenvalue weighted by Crippen LogP contribution is -1.89. The van der Waals surface area contributed by atoms with E-state index >= 15 is 0 Å². The molecule has 0 saturated carbocycles. The SMILES string of the molecule is CC(C)c1ccc(Oc2ccc(CCl)c(Br)c2)cc1. The molecule has 3 heteroatoms. The number of benzene rings is 2. The highest BCUT2D eigenvalue weighted by Crippen LogP contribution is 2.28. The van der Waals surface area contributed by atoms with Gasteiger partial charge in [0, 0.05) is 10.4 Å². The molecule has 19 heavy (non-hydrogen) atoms. The molecule has 0 bridgehead atoms. The first-order valence-corrected chi connectivity index (χ1v) is 7.55. The Hall–Kier alpha value is -0.990. The molecule has 0 atom stereocenters. The van der Waals surface area contributed by atoms with Crippen molar-refractivity contribution in [1.82, 2.24) is 0 Å². The molecule has 0 unspecified atom stereocenters. The highest BCUT2D eigenvalue weighted by atomic mass is 79.9. The first-order valence-electron chi connectivity index (χ1n) is 6.22. The molecule has 0 radical (unpaired) electrons. The number of ether oxygens (including phenoxy) is 1. The van der Waals surface area contributed by atoms with E-state index in [4.69, 9.17) is 16.3 Å². The second-order valence-corrected chi connectivity index (χ2v) is 5.83. The van der Waals surface area contributed by atoms with E-state index in [1.165, 1.54) is 5.56 Å². The van der Waals surface area contributed by atoms with Gasteiger partial charge in [-0.3, -0.25) is 0 Å². The largest absolute Gasteiger partial charge is 0.457 e. The fourth-order valence-corrected chi connectivity index (χ4v) is 2.65. The van der Waals surface area contributed by atoms with Crippen LogP contribution in [0.4, 0.5) is 0 Å². The Balaban J connectivity index is 2.14. The Morgan fingerprint density at radius 2 is 1.68 bits per heavy atom. The fraction of sp³-hybridized carbons (Fsp3) is 0.250. The summed E-state index contributed by atoms with van der Waals surface area (Å²) in [5.74, 6) is 2.67. The standard InChI is InChI=1S/C16H16BrClO/c1-11(2)12-3-6-14(7-4-12)19-15-8-5-13(10-18)16(17)9-15/h3-9,11H,10H2,1-2H3. The first-order chi connectivity index (χ1) is 9.10. The zero-order valence-corrected chi connectivity index (χ0v) is 13.3. The van der Waals surface area contributed by atoms with Gasteiger partial charge in [-0.25, -0.2) is 0 Å². The van der Waals surface area contributed by atoms with Crippen LogP contribution in [-0.4, -0.2) is 0 Å². The van der Waals surface area contributed by atoms with Crippen LogP contribution in [0.25, 0.3) is 0 Å². The van der Waals surface area contributed by atoms with E-state index < -0.39 is 0 Å². The molecule has 0 aliphatic rings. The molecule has 0 saturated heterocycles. The molecule has 1 nitrogen and oxygen atoms in total. The van der Waals surface area contributed by atoms with Crippen molar-refractivity contribution < 1.29 is 4.74 Å². The third kappa shape index (κ3) is 3.74. The Morgan fingerprint density at radius 3 is 2.21 bits per heavy atom. The number of alkyl halides is 1. The van der Waals surface area contributed by atoms with Crippen molar-refractivity contribution in [3.05, 3.63) is 58.1 Å². The third-order valence-electron chi connectivity index (χ3n) is 2.95. The first kappa shape index (κ1) is 14.4. The maximum absolute atomic E-state index is 5.82. The van der Waals surface area contributed by atoms with Gasteiger partial charge in [-0.05, 0) is 41.3 Å². The van der Waals surface area contributed by atoms with Gasteiger partial charge in [-0.15, -0.1) is 11.6 Å². The summed E-state index contributed by atoms with van der Waals surface area (Å²) in [6.45, 7) is 4.36. The Morgan fingerprint density at radius 1 is 1.05 bits per heavy atom. The van der Waals surface area contributed by atoms with Crippen molar-refractivity contribution in [2.75, 3.05) is 0 Å². The van der Waals surface area contributed by atoms with E-state index in [2.05, 4.69) is 41.9 Å². The van der Waals surface area contributed by atoms with E-state index in [-0.39, 0.29) is 0 Å². The van der Waals surface area contributed by atoms with Crippen LogP contribution in [0.1, 0.15) is 30.9 Å². The molecule has 0 aliphatic heterocycles. The molecule has 0 amide bonds. The molecular formula is C16H16BrClO. The predicted molar refractivity (Wildman–Crippen MR) is 84.3 cm³/mol. The van der Waals surface area contributed by atoms with Gasteiger partial charge >= 0.3 is 0 Å². The maximum atomic E-state index is 5.82. The Bertz CT molecular complexity index is 549. The van der Waals surface area contributed by atoms with Crippen LogP contribution < -0.4 is 4.74 Å². The van der Waals surface area contributed by atoms with Gasteiger partial charge < -0.3 is 4.74 Å². The highest BCUT2D eigenvalue weighted by molar-refractivity contribution is 9.10. The summed E-state index contributed by atoms with van der Waals surface area (Å²) in [6.07, 6.45) is 0. The molecule has 0 fully saturated rings. The molecule has 0 N–H and O–H groups in total. The van der Waals surface area contributed by atoms with Gasteiger partial charge in [0.2, 0.25) is 0 Å². The second-order valence-electron chi connectivity index (χ2n) is 4.71. The van der Waals surface area contributed by atoms with Crippen LogP contribution in [-0.2, 0) is 5.88 Å². The van der Waals surface area contributed by atoms with Crippen LogP contribution in [0.5, 0.6) is 11.5 Å². The summed E-state index contributed by atoms with van der Waals surface area (Å²) in [5.41, 5.74) is 2.37. The second kappa shape index (κ2) is 6.44. The molecule has 2 aromatic carbocycles. The molecular weight excluding hydrogens is 324 g/mol. The van der Waals surface area contributed by atoms with Crippen molar-refractivity contribution in [2.24, 2.45) is 0 Å². The molecule has 100 valence electrons. The normalized spacial score (nSPS) is 10.8. The van der Waals surface area contributed by atoms with Gasteiger partial charge in [-0.2, -0.15) is 0 Å². The predicted octanol–water partition coefficient (Wildman–Crippen LogP) is 6.10. The van der Waals surface area contributed by atoms with E-state index in [1.807, 2.05) is 30.3 Å². The van der Waals surface area contributed by atoms with Gasteiger partial charge in [-0.1, -0.05) is 48.0 Å². The minimum Gasteiger partial charge on any atom is -0.457 e. The molecule has 0 spiro atoms. The highest BCUT2D eigenvalue weighted by Gasteiger charge is 2.03. The van der Waals surface area contributed by atoms with E-state index in [1.54, 1.807) is 0 Å². The Kier molecular flexibility index (Phi) is 4.89. The summed E-state index contributed by atoms with van der Waals surface area (Å²) >= 11 is 9.31. The minimum atomic E-state index is 0.490. The minimum absolute atomic E-state index is 0.490. The maximum Gasteiger partial charge on any atom is 0.128 e. The van der Waals surface area contributed by atoms with Crippen LogP contribution in [0.3, 0.4) is 0 Å². The lowest BCUT2D eigenvalue weighted by atomic mass is 10.0. The van der Waals surface area contributed by atoms with Crippen LogP contribution in [0.2, 0.25) is 0 Å². The molecule has 2 aromatic rings. The number of halogens is 2. The molecule has 0 aliphatic carbocycles. The molecule has 0 aromatic heterocycles. The lowest BCUT2D eigenvalue weighted by molar-refractivity contribution is 0.482. The number of hydrogen-bond donors (Lipinski definition) is 0. The quantitative estimate of drug-likeness (QED) is 0.611. The van der Waals surface area contributed by atoms with Crippen molar-refractivity contribution >= 4 is 27.5 Å². The van der Waals surface area contributed by atoms with E-state index in [9.17, 15) is 0 Å². The lowest BCUT2D eigenvalue weighted by Gasteiger charge is -2.10. The molecule has 0 heterocycles. The van der Waals surface area contributed by atoms with E-state index in [0.717, 1.165) is 21.5 Å². The van der Waals surface area contributed by atoms with Crippen molar-refractivity contribution in [3.8, 4) is 11.5 Å². The monoisotopic (exact) mass is 338 g/mol. The summed E-state index contributed by atoms with van der Waals surface area (Å²) < 4.78 is 6.79. The Labute approximate surface area is 127 Å².